The number of rotatable bonds is 3. The van der Waals surface area contributed by atoms with Gasteiger partial charge in [-0.15, -0.1) is 0 Å². The average molecular weight is 291 g/mol. The van der Waals surface area contributed by atoms with E-state index in [0.717, 1.165) is 6.07 Å². The normalized spacial score (nSPS) is 10.2. The highest BCUT2D eigenvalue weighted by atomic mass is 19.1. The van der Waals surface area contributed by atoms with E-state index in [0.29, 0.717) is 6.07 Å². The van der Waals surface area contributed by atoms with Gasteiger partial charge in [0.2, 0.25) is 0 Å². The van der Waals surface area contributed by atoms with E-state index in [1.54, 1.807) is 12.1 Å². The number of carbonyl (C=O) groups excluding carboxylic acids is 2. The molecule has 2 aromatic carbocycles. The molecule has 0 aliphatic rings. The van der Waals surface area contributed by atoms with Gasteiger partial charge in [0.25, 0.3) is 11.8 Å². The van der Waals surface area contributed by atoms with E-state index in [-0.39, 0.29) is 11.3 Å². The molecule has 7 heteroatoms. The van der Waals surface area contributed by atoms with Crippen molar-refractivity contribution in [2.24, 2.45) is 5.73 Å². The molecule has 2 amide bonds. The summed E-state index contributed by atoms with van der Waals surface area (Å²) >= 11 is 0. The Morgan fingerprint density at radius 2 is 1.71 bits per heavy atom. The molecule has 0 fully saturated rings. The Kier molecular flexibility index (Phi) is 3.84. The van der Waals surface area contributed by atoms with Crippen molar-refractivity contribution in [2.45, 2.75) is 0 Å². The second kappa shape index (κ2) is 5.58. The van der Waals surface area contributed by atoms with Crippen LogP contribution in [0.15, 0.2) is 36.4 Å². The second-order valence-corrected chi connectivity index (χ2v) is 4.22. The molecule has 0 saturated heterocycles. The molecule has 0 aromatic heterocycles. The zero-order chi connectivity index (χ0) is 15.6. The summed E-state index contributed by atoms with van der Waals surface area (Å²) in [7, 11) is 0. The molecule has 5 nitrogen and oxygen atoms in total. The highest BCUT2D eigenvalue weighted by Crippen LogP contribution is 2.20. The van der Waals surface area contributed by atoms with Gasteiger partial charge in [-0.3, -0.25) is 9.59 Å². The Bertz CT molecular complexity index is 732. The van der Waals surface area contributed by atoms with E-state index in [2.05, 4.69) is 5.32 Å². The number of nitrogen functional groups attached to an aromatic ring is 1. The molecule has 0 saturated carbocycles. The molecule has 0 aliphatic heterocycles. The Balaban J connectivity index is 2.38. The Labute approximate surface area is 118 Å². The number of primary amides is 1. The minimum Gasteiger partial charge on any atom is -0.396 e. The molecule has 108 valence electrons. The van der Waals surface area contributed by atoms with Crippen LogP contribution in [-0.2, 0) is 0 Å². The van der Waals surface area contributed by atoms with Crippen LogP contribution in [0.1, 0.15) is 20.7 Å². The molecule has 2 rings (SSSR count). The van der Waals surface area contributed by atoms with Gasteiger partial charge in [-0.25, -0.2) is 8.78 Å². The van der Waals surface area contributed by atoms with Crippen LogP contribution in [0, 0.1) is 11.6 Å². The predicted molar refractivity (Wildman–Crippen MR) is 73.7 cm³/mol. The van der Waals surface area contributed by atoms with Gasteiger partial charge >= 0.3 is 0 Å². The number of anilines is 2. The van der Waals surface area contributed by atoms with Gasteiger partial charge in [-0.05, 0) is 24.3 Å². The highest BCUT2D eigenvalue weighted by Gasteiger charge is 2.18. The maximum atomic E-state index is 13.7. The van der Waals surface area contributed by atoms with Crippen LogP contribution in [-0.4, -0.2) is 11.8 Å². The van der Waals surface area contributed by atoms with Crippen molar-refractivity contribution in [1.82, 2.24) is 0 Å². The van der Waals surface area contributed by atoms with Crippen LogP contribution in [0.5, 0.6) is 0 Å². The molecule has 5 N–H and O–H groups in total. The number of hydrogen-bond donors (Lipinski definition) is 3. The third-order valence-corrected chi connectivity index (χ3v) is 2.75. The quantitative estimate of drug-likeness (QED) is 0.753. The first-order chi connectivity index (χ1) is 9.90. The number of halogens is 2. The summed E-state index contributed by atoms with van der Waals surface area (Å²) in [6.45, 7) is 0. The maximum absolute atomic E-state index is 13.7. The molecular formula is C14H11F2N3O2. The molecule has 21 heavy (non-hydrogen) atoms. The molecule has 2 aromatic rings. The average Bonchev–Trinajstić information content (AvgIpc) is 2.43. The maximum Gasteiger partial charge on any atom is 0.258 e. The van der Waals surface area contributed by atoms with Crippen molar-refractivity contribution in [3.63, 3.8) is 0 Å². The van der Waals surface area contributed by atoms with E-state index in [9.17, 15) is 18.4 Å². The fourth-order valence-corrected chi connectivity index (χ4v) is 1.77. The Morgan fingerprint density at radius 3 is 2.38 bits per heavy atom. The lowest BCUT2D eigenvalue weighted by atomic mass is 10.1. The van der Waals surface area contributed by atoms with Crippen molar-refractivity contribution in [1.29, 1.82) is 0 Å². The lowest BCUT2D eigenvalue weighted by molar-refractivity contribution is 0.100. The van der Waals surface area contributed by atoms with Gasteiger partial charge in [0.1, 0.15) is 5.82 Å². The van der Waals surface area contributed by atoms with E-state index in [1.165, 1.54) is 12.1 Å². The van der Waals surface area contributed by atoms with Crippen LogP contribution < -0.4 is 16.8 Å². The standard InChI is InChI=1S/C14H11F2N3O2/c15-7-5-9(12(16)10(17)6-7)14(21)19-11-4-2-1-3-8(11)13(18)20/h1-6H,17H2,(H2,18,20)(H,19,21). The summed E-state index contributed by atoms with van der Waals surface area (Å²) in [5.74, 6) is -3.58. The largest absolute Gasteiger partial charge is 0.396 e. The van der Waals surface area contributed by atoms with Crippen molar-refractivity contribution >= 4 is 23.2 Å². The lowest BCUT2D eigenvalue weighted by Gasteiger charge is -2.10. The predicted octanol–water partition coefficient (Wildman–Crippen LogP) is 1.90. The molecule has 0 aliphatic carbocycles. The van der Waals surface area contributed by atoms with Crippen LogP contribution in [0.25, 0.3) is 0 Å². The number of nitrogens with two attached hydrogens (primary N) is 2. The van der Waals surface area contributed by atoms with E-state index in [1.807, 2.05) is 0 Å². The van der Waals surface area contributed by atoms with Crippen molar-refractivity contribution in [3.05, 3.63) is 59.2 Å². The lowest BCUT2D eigenvalue weighted by Crippen LogP contribution is -2.19. The summed E-state index contributed by atoms with van der Waals surface area (Å²) in [5, 5.41) is 2.30. The first kappa shape index (κ1) is 14.4. The molecule has 0 heterocycles. The summed E-state index contributed by atoms with van der Waals surface area (Å²) in [6.07, 6.45) is 0. The third-order valence-electron chi connectivity index (χ3n) is 2.75. The first-order valence-corrected chi connectivity index (χ1v) is 5.85. The number of carbonyl (C=O) groups is 2. The number of hydrogen-bond acceptors (Lipinski definition) is 3. The SMILES string of the molecule is NC(=O)c1ccccc1NC(=O)c1cc(F)cc(N)c1F. The molecule has 0 spiro atoms. The van der Waals surface area contributed by atoms with Gasteiger partial charge in [0.15, 0.2) is 5.82 Å². The van der Waals surface area contributed by atoms with Gasteiger partial charge in [-0.1, -0.05) is 12.1 Å². The van der Waals surface area contributed by atoms with Crippen LogP contribution in [0.4, 0.5) is 20.2 Å². The van der Waals surface area contributed by atoms with Crippen molar-refractivity contribution in [3.8, 4) is 0 Å². The van der Waals surface area contributed by atoms with Gasteiger partial charge in [-0.2, -0.15) is 0 Å². The first-order valence-electron chi connectivity index (χ1n) is 5.85. The van der Waals surface area contributed by atoms with Gasteiger partial charge in [0.05, 0.1) is 22.5 Å². The van der Waals surface area contributed by atoms with Crippen LogP contribution in [0.3, 0.4) is 0 Å². The Hall–Kier alpha value is -2.96. The van der Waals surface area contributed by atoms with E-state index < -0.39 is 34.7 Å². The fourth-order valence-electron chi connectivity index (χ4n) is 1.77. The zero-order valence-electron chi connectivity index (χ0n) is 10.7. The number of benzene rings is 2. The number of para-hydroxylation sites is 1. The van der Waals surface area contributed by atoms with Gasteiger partial charge in [0, 0.05) is 0 Å². The number of amides is 2. The molecule has 0 radical (unpaired) electrons. The summed E-state index contributed by atoms with van der Waals surface area (Å²) < 4.78 is 27.0. The van der Waals surface area contributed by atoms with Crippen LogP contribution >= 0.6 is 0 Å². The minimum absolute atomic E-state index is 0.0515. The minimum atomic E-state index is -1.04. The van der Waals surface area contributed by atoms with Crippen molar-refractivity contribution < 1.29 is 18.4 Å². The summed E-state index contributed by atoms with van der Waals surface area (Å²) in [5.41, 5.74) is 9.52. The third kappa shape index (κ3) is 2.97. The number of nitrogens with one attached hydrogen (secondary N) is 1. The van der Waals surface area contributed by atoms with Crippen molar-refractivity contribution in [2.75, 3.05) is 11.1 Å². The molecule has 0 atom stereocenters. The smallest absolute Gasteiger partial charge is 0.258 e. The van der Waals surface area contributed by atoms with E-state index in [4.69, 9.17) is 11.5 Å². The molecule has 0 unspecified atom stereocenters. The van der Waals surface area contributed by atoms with E-state index >= 15 is 0 Å². The van der Waals surface area contributed by atoms with Crippen LogP contribution in [0.2, 0.25) is 0 Å². The molecular weight excluding hydrogens is 280 g/mol. The summed E-state index contributed by atoms with van der Waals surface area (Å²) in [4.78, 5) is 23.2. The second-order valence-electron chi connectivity index (χ2n) is 4.22. The Morgan fingerprint density at radius 1 is 1.05 bits per heavy atom. The molecule has 0 bridgehead atoms. The zero-order valence-corrected chi connectivity index (χ0v) is 10.7. The monoisotopic (exact) mass is 291 g/mol. The fraction of sp³-hybridized carbons (Fsp3) is 0. The topological polar surface area (TPSA) is 98.2 Å². The summed E-state index contributed by atoms with van der Waals surface area (Å²) in [6, 6.07) is 7.40. The highest BCUT2D eigenvalue weighted by molar-refractivity contribution is 6.09. The van der Waals surface area contributed by atoms with Gasteiger partial charge < -0.3 is 16.8 Å².